The Balaban J connectivity index is 1.72. The molecule has 1 aromatic carbocycles. The number of benzene rings is 1. The highest BCUT2D eigenvalue weighted by Crippen LogP contribution is 2.36. The van der Waals surface area contributed by atoms with Crippen molar-refractivity contribution in [3.05, 3.63) is 59.3 Å². The van der Waals surface area contributed by atoms with Crippen molar-refractivity contribution in [1.29, 1.82) is 0 Å². The van der Waals surface area contributed by atoms with Crippen LogP contribution in [0.4, 0.5) is 0 Å². The summed E-state index contributed by atoms with van der Waals surface area (Å²) < 4.78 is 5.63. The van der Waals surface area contributed by atoms with Gasteiger partial charge in [0.15, 0.2) is 0 Å². The van der Waals surface area contributed by atoms with Crippen LogP contribution in [0.3, 0.4) is 0 Å². The van der Waals surface area contributed by atoms with Gasteiger partial charge in [-0.15, -0.1) is 0 Å². The van der Waals surface area contributed by atoms with Crippen molar-refractivity contribution in [1.82, 2.24) is 14.8 Å². The van der Waals surface area contributed by atoms with Crippen LogP contribution in [0, 0.1) is 0 Å². The molecular formula is C22H29N3O2. The lowest BCUT2D eigenvalue weighted by molar-refractivity contribution is 0.0675. The van der Waals surface area contributed by atoms with Crippen molar-refractivity contribution in [3.8, 4) is 5.88 Å². The maximum absolute atomic E-state index is 13.2. The number of likely N-dealkylation sites (N-methyl/N-ethyl adjacent to an activating group) is 1. The molecule has 1 heterocycles. The number of nitrogens with zero attached hydrogens (tertiary/aromatic N) is 3. The van der Waals surface area contributed by atoms with Gasteiger partial charge in [-0.2, -0.15) is 0 Å². The number of carbonyl (C=O) groups is 1. The zero-order valence-corrected chi connectivity index (χ0v) is 16.5. The van der Waals surface area contributed by atoms with E-state index in [1.165, 1.54) is 11.1 Å². The molecule has 0 aliphatic heterocycles. The standard InChI is InChI=1S/C22H29N3O2/c1-4-13-25(20-11-9-17-7-5-6-8-19(17)20)22(26)18-10-12-21(23-16-18)27-15-14-24(2)3/h5-8,10,12,16,20H,4,9,11,13-15H2,1-3H3. The van der Waals surface area contributed by atoms with Crippen molar-refractivity contribution in [2.45, 2.75) is 32.2 Å². The van der Waals surface area contributed by atoms with Gasteiger partial charge in [-0.1, -0.05) is 31.2 Å². The molecule has 0 fully saturated rings. The van der Waals surface area contributed by atoms with Crippen LogP contribution in [-0.2, 0) is 6.42 Å². The molecule has 0 saturated carbocycles. The molecule has 0 radical (unpaired) electrons. The summed E-state index contributed by atoms with van der Waals surface area (Å²) in [5, 5.41) is 0. The largest absolute Gasteiger partial charge is 0.476 e. The third kappa shape index (κ3) is 4.66. The Labute approximate surface area is 162 Å². The first kappa shape index (κ1) is 19.4. The number of amides is 1. The van der Waals surface area contributed by atoms with Crippen molar-refractivity contribution >= 4 is 5.91 Å². The van der Waals surface area contributed by atoms with Gasteiger partial charge in [0.25, 0.3) is 5.91 Å². The molecule has 5 heteroatoms. The Bertz CT molecular complexity index is 758. The molecule has 1 atom stereocenters. The first-order valence-corrected chi connectivity index (χ1v) is 9.72. The minimum atomic E-state index is 0.0471. The molecule has 1 aromatic heterocycles. The van der Waals surface area contributed by atoms with Crippen LogP contribution in [0.1, 0.15) is 47.3 Å². The SMILES string of the molecule is CCCN(C(=O)c1ccc(OCCN(C)C)nc1)C1CCc2ccccc21. The first-order chi connectivity index (χ1) is 13.1. The van der Waals surface area contributed by atoms with E-state index in [1.807, 2.05) is 25.1 Å². The molecule has 3 rings (SSSR count). The minimum absolute atomic E-state index is 0.0471. The van der Waals surface area contributed by atoms with Crippen molar-refractivity contribution in [2.75, 3.05) is 33.8 Å². The lowest BCUT2D eigenvalue weighted by Crippen LogP contribution is -2.34. The molecule has 0 N–H and O–H groups in total. The van der Waals surface area contributed by atoms with Gasteiger partial charge in [-0.05, 0) is 50.6 Å². The predicted molar refractivity (Wildman–Crippen MR) is 107 cm³/mol. The van der Waals surface area contributed by atoms with E-state index in [0.29, 0.717) is 18.1 Å². The van der Waals surface area contributed by atoms with Crippen LogP contribution < -0.4 is 4.74 Å². The second-order valence-corrected chi connectivity index (χ2v) is 7.29. The highest BCUT2D eigenvalue weighted by Gasteiger charge is 2.30. The zero-order chi connectivity index (χ0) is 19.2. The number of hydrogen-bond donors (Lipinski definition) is 0. The van der Waals surface area contributed by atoms with Gasteiger partial charge in [0.1, 0.15) is 6.61 Å². The van der Waals surface area contributed by atoms with Gasteiger partial charge in [0.05, 0.1) is 11.6 Å². The Morgan fingerprint density at radius 1 is 1.19 bits per heavy atom. The monoisotopic (exact) mass is 367 g/mol. The summed E-state index contributed by atoms with van der Waals surface area (Å²) in [5.41, 5.74) is 3.27. The van der Waals surface area contributed by atoms with E-state index in [2.05, 4.69) is 41.1 Å². The van der Waals surface area contributed by atoms with Gasteiger partial charge in [0, 0.05) is 25.4 Å². The van der Waals surface area contributed by atoms with Crippen LogP contribution in [0.25, 0.3) is 0 Å². The molecule has 2 aromatic rings. The maximum atomic E-state index is 13.2. The summed E-state index contributed by atoms with van der Waals surface area (Å²) in [4.78, 5) is 21.6. The summed E-state index contributed by atoms with van der Waals surface area (Å²) in [7, 11) is 4.00. The van der Waals surface area contributed by atoms with Gasteiger partial charge >= 0.3 is 0 Å². The fraction of sp³-hybridized carbons (Fsp3) is 0.455. The summed E-state index contributed by atoms with van der Waals surface area (Å²) in [6.07, 6.45) is 4.59. The van der Waals surface area contributed by atoms with E-state index in [4.69, 9.17) is 4.74 Å². The van der Waals surface area contributed by atoms with Crippen molar-refractivity contribution < 1.29 is 9.53 Å². The number of aromatic nitrogens is 1. The molecule has 1 unspecified atom stereocenters. The van der Waals surface area contributed by atoms with Gasteiger partial charge in [-0.3, -0.25) is 4.79 Å². The Kier molecular flexibility index (Phi) is 6.45. The van der Waals surface area contributed by atoms with Gasteiger partial charge in [-0.25, -0.2) is 4.98 Å². The van der Waals surface area contributed by atoms with E-state index in [-0.39, 0.29) is 11.9 Å². The fourth-order valence-corrected chi connectivity index (χ4v) is 3.59. The molecule has 0 spiro atoms. The first-order valence-electron chi connectivity index (χ1n) is 9.72. The molecule has 5 nitrogen and oxygen atoms in total. The molecule has 0 bridgehead atoms. The fourth-order valence-electron chi connectivity index (χ4n) is 3.59. The normalized spacial score (nSPS) is 15.6. The van der Waals surface area contributed by atoms with Gasteiger partial charge in [0.2, 0.25) is 5.88 Å². The number of aryl methyl sites for hydroxylation is 1. The van der Waals surface area contributed by atoms with E-state index in [9.17, 15) is 4.79 Å². The van der Waals surface area contributed by atoms with E-state index in [1.54, 1.807) is 12.3 Å². The highest BCUT2D eigenvalue weighted by molar-refractivity contribution is 5.94. The number of pyridine rings is 1. The minimum Gasteiger partial charge on any atom is -0.476 e. The van der Waals surface area contributed by atoms with E-state index in [0.717, 1.165) is 32.4 Å². The third-order valence-corrected chi connectivity index (χ3v) is 4.97. The van der Waals surface area contributed by atoms with Crippen molar-refractivity contribution in [2.24, 2.45) is 0 Å². The van der Waals surface area contributed by atoms with E-state index < -0.39 is 0 Å². The van der Waals surface area contributed by atoms with Crippen LogP contribution in [-0.4, -0.2) is 54.5 Å². The smallest absolute Gasteiger partial charge is 0.255 e. The number of ether oxygens (including phenoxy) is 1. The predicted octanol–water partition coefficient (Wildman–Crippen LogP) is 3.56. The van der Waals surface area contributed by atoms with Crippen molar-refractivity contribution in [3.63, 3.8) is 0 Å². The Morgan fingerprint density at radius 3 is 2.70 bits per heavy atom. The van der Waals surface area contributed by atoms with Crippen LogP contribution in [0.15, 0.2) is 42.6 Å². The molecule has 0 saturated heterocycles. The Hall–Kier alpha value is -2.40. The number of rotatable bonds is 8. The topological polar surface area (TPSA) is 45.7 Å². The second-order valence-electron chi connectivity index (χ2n) is 7.29. The van der Waals surface area contributed by atoms with Crippen LogP contribution in [0.2, 0.25) is 0 Å². The second kappa shape index (κ2) is 9.00. The summed E-state index contributed by atoms with van der Waals surface area (Å²) in [5.74, 6) is 0.604. The average molecular weight is 367 g/mol. The Morgan fingerprint density at radius 2 is 2.00 bits per heavy atom. The van der Waals surface area contributed by atoms with E-state index >= 15 is 0 Å². The summed E-state index contributed by atoms with van der Waals surface area (Å²) >= 11 is 0. The van der Waals surface area contributed by atoms with Crippen LogP contribution >= 0.6 is 0 Å². The third-order valence-electron chi connectivity index (χ3n) is 4.97. The molecule has 1 aliphatic rings. The molecular weight excluding hydrogens is 338 g/mol. The average Bonchev–Trinajstić information content (AvgIpc) is 3.10. The zero-order valence-electron chi connectivity index (χ0n) is 16.5. The molecule has 144 valence electrons. The lowest BCUT2D eigenvalue weighted by atomic mass is 10.1. The molecule has 1 amide bonds. The highest BCUT2D eigenvalue weighted by atomic mass is 16.5. The number of hydrogen-bond acceptors (Lipinski definition) is 4. The van der Waals surface area contributed by atoms with Crippen LogP contribution in [0.5, 0.6) is 5.88 Å². The number of carbonyl (C=O) groups excluding carboxylic acids is 1. The summed E-state index contributed by atoms with van der Waals surface area (Å²) in [6.45, 7) is 4.27. The van der Waals surface area contributed by atoms with Gasteiger partial charge < -0.3 is 14.5 Å². The maximum Gasteiger partial charge on any atom is 0.255 e. The lowest BCUT2D eigenvalue weighted by Gasteiger charge is -2.29. The molecule has 27 heavy (non-hydrogen) atoms. The number of fused-ring (bicyclic) bond motifs is 1. The molecule has 1 aliphatic carbocycles. The summed E-state index contributed by atoms with van der Waals surface area (Å²) in [6, 6.07) is 12.2. The quantitative estimate of drug-likeness (QED) is 0.716.